The van der Waals surface area contributed by atoms with E-state index < -0.39 is 0 Å². The van der Waals surface area contributed by atoms with E-state index in [9.17, 15) is 0 Å². The third-order valence-electron chi connectivity index (χ3n) is 3.30. The number of rotatable bonds is 3. The highest BCUT2D eigenvalue weighted by Gasteiger charge is 2.31. The number of likely N-dealkylation sites (tertiary alicyclic amines) is 1. The monoisotopic (exact) mass is 210 g/mol. The molecule has 0 unspecified atom stereocenters. The minimum Gasteiger partial charge on any atom is -0.398 e. The summed E-state index contributed by atoms with van der Waals surface area (Å²) in [4.78, 5) is 2.44. The van der Waals surface area contributed by atoms with E-state index in [-0.39, 0.29) is 0 Å². The molecular formula is C11H22N4. The lowest BCUT2D eigenvalue weighted by Crippen LogP contribution is -2.41. The van der Waals surface area contributed by atoms with Crippen molar-refractivity contribution in [1.82, 2.24) is 14.9 Å². The molecule has 2 heterocycles. The van der Waals surface area contributed by atoms with Gasteiger partial charge in [-0.05, 0) is 19.8 Å². The van der Waals surface area contributed by atoms with Gasteiger partial charge in [-0.1, -0.05) is 6.92 Å². The molecule has 0 saturated carbocycles. The van der Waals surface area contributed by atoms with E-state index in [2.05, 4.69) is 28.8 Å². The van der Waals surface area contributed by atoms with Crippen molar-refractivity contribution in [3.63, 3.8) is 0 Å². The van der Waals surface area contributed by atoms with E-state index in [0.29, 0.717) is 0 Å². The van der Waals surface area contributed by atoms with E-state index in [0.717, 1.165) is 25.3 Å². The van der Waals surface area contributed by atoms with Crippen LogP contribution >= 0.6 is 0 Å². The molecule has 0 aromatic rings. The zero-order valence-electron chi connectivity index (χ0n) is 9.87. The number of nitrogens with zero attached hydrogens (tertiary/aromatic N) is 3. The Bertz CT molecular complexity index is 255. The third kappa shape index (κ3) is 1.78. The van der Waals surface area contributed by atoms with Crippen molar-refractivity contribution in [1.29, 1.82) is 0 Å². The van der Waals surface area contributed by atoms with Gasteiger partial charge in [0.2, 0.25) is 0 Å². The second kappa shape index (κ2) is 4.31. The van der Waals surface area contributed by atoms with Crippen LogP contribution in [0.1, 0.15) is 26.7 Å². The van der Waals surface area contributed by atoms with Gasteiger partial charge in [0.25, 0.3) is 0 Å². The van der Waals surface area contributed by atoms with E-state index in [1.807, 2.05) is 0 Å². The van der Waals surface area contributed by atoms with Gasteiger partial charge in [0.15, 0.2) is 0 Å². The van der Waals surface area contributed by atoms with Gasteiger partial charge >= 0.3 is 0 Å². The number of hydrogen-bond acceptors (Lipinski definition) is 4. The van der Waals surface area contributed by atoms with Crippen LogP contribution in [0.25, 0.3) is 0 Å². The minimum absolute atomic E-state index is 0.899. The molecule has 86 valence electrons. The fourth-order valence-corrected chi connectivity index (χ4v) is 2.58. The number of hydrazine groups is 1. The molecule has 1 fully saturated rings. The lowest BCUT2D eigenvalue weighted by Gasteiger charge is -2.34. The van der Waals surface area contributed by atoms with E-state index in [4.69, 9.17) is 5.73 Å². The average molecular weight is 210 g/mol. The molecule has 0 spiro atoms. The number of nitrogens with two attached hydrogens (primary N) is 1. The van der Waals surface area contributed by atoms with Gasteiger partial charge in [-0.3, -0.25) is 5.01 Å². The molecular weight excluding hydrogens is 188 g/mol. The topological polar surface area (TPSA) is 35.7 Å². The molecule has 2 N–H and O–H groups in total. The first-order chi connectivity index (χ1) is 7.27. The molecule has 0 atom stereocenters. The summed E-state index contributed by atoms with van der Waals surface area (Å²) in [6.45, 7) is 9.66. The van der Waals surface area contributed by atoms with Crippen molar-refractivity contribution in [2.45, 2.75) is 26.7 Å². The van der Waals surface area contributed by atoms with Crippen molar-refractivity contribution < 1.29 is 0 Å². The highest BCUT2D eigenvalue weighted by atomic mass is 15.7. The maximum absolute atomic E-state index is 6.15. The maximum atomic E-state index is 6.15. The summed E-state index contributed by atoms with van der Waals surface area (Å²) in [6, 6.07) is 0. The summed E-state index contributed by atoms with van der Waals surface area (Å²) in [5.41, 5.74) is 7.19. The summed E-state index contributed by atoms with van der Waals surface area (Å²) in [5, 5.41) is 4.66. The third-order valence-corrected chi connectivity index (χ3v) is 3.30. The predicted molar refractivity (Wildman–Crippen MR) is 61.6 cm³/mol. The van der Waals surface area contributed by atoms with Crippen LogP contribution in [0.4, 0.5) is 0 Å². The first-order valence-corrected chi connectivity index (χ1v) is 6.03. The predicted octanol–water partition coefficient (Wildman–Crippen LogP) is 0.782. The van der Waals surface area contributed by atoms with Crippen molar-refractivity contribution >= 4 is 0 Å². The Morgan fingerprint density at radius 2 is 1.80 bits per heavy atom. The van der Waals surface area contributed by atoms with Gasteiger partial charge in [-0.25, -0.2) is 5.01 Å². The van der Waals surface area contributed by atoms with Crippen LogP contribution in [-0.2, 0) is 0 Å². The summed E-state index contributed by atoms with van der Waals surface area (Å²) in [5.74, 6) is 1.27. The SMILES string of the molecule is CCN1CC(N)=C(N2CCCC2)N1CC. The van der Waals surface area contributed by atoms with Gasteiger partial charge in [0.05, 0.1) is 12.2 Å². The van der Waals surface area contributed by atoms with E-state index in [1.165, 1.54) is 31.8 Å². The van der Waals surface area contributed by atoms with Crippen molar-refractivity contribution in [2.75, 3.05) is 32.7 Å². The zero-order valence-corrected chi connectivity index (χ0v) is 9.87. The number of likely N-dealkylation sites (N-methyl/N-ethyl adjacent to an activating group) is 1. The average Bonchev–Trinajstić information content (AvgIpc) is 2.83. The fraction of sp³-hybridized carbons (Fsp3) is 0.818. The first-order valence-electron chi connectivity index (χ1n) is 6.03. The molecule has 2 aliphatic heterocycles. The van der Waals surface area contributed by atoms with E-state index >= 15 is 0 Å². The molecule has 0 aromatic heterocycles. The largest absolute Gasteiger partial charge is 0.398 e. The van der Waals surface area contributed by atoms with Gasteiger partial charge in [-0.15, -0.1) is 0 Å². The highest BCUT2D eigenvalue weighted by Crippen LogP contribution is 2.26. The highest BCUT2D eigenvalue weighted by molar-refractivity contribution is 5.16. The Labute approximate surface area is 92.3 Å². The minimum atomic E-state index is 0.899. The Hall–Kier alpha value is -0.900. The lowest BCUT2D eigenvalue weighted by atomic mass is 10.4. The van der Waals surface area contributed by atoms with Crippen LogP contribution in [0.5, 0.6) is 0 Å². The van der Waals surface area contributed by atoms with Crippen LogP contribution in [0.3, 0.4) is 0 Å². The van der Waals surface area contributed by atoms with E-state index in [1.54, 1.807) is 0 Å². The molecule has 4 heteroatoms. The Kier molecular flexibility index (Phi) is 3.05. The molecule has 0 bridgehead atoms. The molecule has 0 aliphatic carbocycles. The normalized spacial score (nSPS) is 23.3. The number of hydrogen-bond donors (Lipinski definition) is 1. The Morgan fingerprint density at radius 1 is 1.13 bits per heavy atom. The van der Waals surface area contributed by atoms with Gasteiger partial charge in [0.1, 0.15) is 5.82 Å². The van der Waals surface area contributed by atoms with Gasteiger partial charge in [0, 0.05) is 26.2 Å². The molecule has 0 amide bonds. The van der Waals surface area contributed by atoms with Crippen LogP contribution in [0, 0.1) is 0 Å². The van der Waals surface area contributed by atoms with Crippen molar-refractivity contribution in [3.05, 3.63) is 11.5 Å². The van der Waals surface area contributed by atoms with Crippen molar-refractivity contribution in [2.24, 2.45) is 5.73 Å². The standard InChI is InChI=1S/C11H22N4/c1-3-14-9-10(12)11(15(14)4-2)13-7-5-6-8-13/h3-9,12H2,1-2H3. The van der Waals surface area contributed by atoms with Crippen LogP contribution in [-0.4, -0.2) is 47.6 Å². The van der Waals surface area contributed by atoms with Gasteiger partial charge in [-0.2, -0.15) is 0 Å². The molecule has 0 aromatic carbocycles. The second-order valence-corrected chi connectivity index (χ2v) is 4.24. The van der Waals surface area contributed by atoms with Crippen LogP contribution in [0.2, 0.25) is 0 Å². The first kappa shape index (κ1) is 10.6. The fourth-order valence-electron chi connectivity index (χ4n) is 2.58. The van der Waals surface area contributed by atoms with Crippen molar-refractivity contribution in [3.8, 4) is 0 Å². The Balaban J connectivity index is 2.16. The summed E-state index contributed by atoms with van der Waals surface area (Å²) < 4.78 is 0. The summed E-state index contributed by atoms with van der Waals surface area (Å²) >= 11 is 0. The smallest absolute Gasteiger partial charge is 0.139 e. The quantitative estimate of drug-likeness (QED) is 0.747. The molecule has 2 aliphatic rings. The zero-order chi connectivity index (χ0) is 10.8. The van der Waals surface area contributed by atoms with Gasteiger partial charge < -0.3 is 10.6 Å². The summed E-state index contributed by atoms with van der Waals surface area (Å²) in [7, 11) is 0. The molecule has 2 rings (SSSR count). The Morgan fingerprint density at radius 3 is 2.33 bits per heavy atom. The second-order valence-electron chi connectivity index (χ2n) is 4.24. The van der Waals surface area contributed by atoms with Crippen LogP contribution in [0.15, 0.2) is 11.5 Å². The maximum Gasteiger partial charge on any atom is 0.139 e. The molecule has 1 saturated heterocycles. The molecule has 0 radical (unpaired) electrons. The summed E-state index contributed by atoms with van der Waals surface area (Å²) in [6.07, 6.45) is 2.61. The lowest BCUT2D eigenvalue weighted by molar-refractivity contribution is 0.0245. The van der Waals surface area contributed by atoms with Crippen LogP contribution < -0.4 is 5.73 Å². The molecule has 15 heavy (non-hydrogen) atoms. The molecule has 4 nitrogen and oxygen atoms in total.